The number of benzene rings is 1. The van der Waals surface area contributed by atoms with Crippen LogP contribution >= 0.6 is 0 Å². The van der Waals surface area contributed by atoms with E-state index in [0.717, 1.165) is 25.0 Å². The fourth-order valence-corrected chi connectivity index (χ4v) is 1.79. The van der Waals surface area contributed by atoms with Gasteiger partial charge in [0.05, 0.1) is 6.07 Å². The molecular formula is C13H11F3N2O2. The molecular weight excluding hydrogens is 273 g/mol. The number of nitriles is 1. The van der Waals surface area contributed by atoms with Crippen LogP contribution in [-0.2, 0) is 0 Å². The molecule has 1 amide bonds. The summed E-state index contributed by atoms with van der Waals surface area (Å²) in [5, 5.41) is 8.69. The summed E-state index contributed by atoms with van der Waals surface area (Å²) in [7, 11) is 0. The van der Waals surface area contributed by atoms with E-state index >= 15 is 0 Å². The first kappa shape index (κ1) is 14.2. The second kappa shape index (κ2) is 5.41. The number of halogens is 3. The first-order chi connectivity index (χ1) is 9.40. The molecule has 0 radical (unpaired) electrons. The number of ether oxygens (including phenoxy) is 1. The Hall–Kier alpha value is -2.23. The Morgan fingerprint density at radius 1 is 1.35 bits per heavy atom. The van der Waals surface area contributed by atoms with Gasteiger partial charge in [0.2, 0.25) is 0 Å². The van der Waals surface area contributed by atoms with Crippen molar-refractivity contribution in [2.75, 3.05) is 6.54 Å². The number of alkyl halides is 3. The molecule has 7 heteroatoms. The molecule has 20 heavy (non-hydrogen) atoms. The van der Waals surface area contributed by atoms with E-state index in [4.69, 9.17) is 5.26 Å². The Bertz CT molecular complexity index is 530. The summed E-state index contributed by atoms with van der Waals surface area (Å²) < 4.78 is 39.8. The minimum absolute atomic E-state index is 0.0235. The molecule has 1 saturated carbocycles. The van der Waals surface area contributed by atoms with Crippen LogP contribution < -0.4 is 4.74 Å². The van der Waals surface area contributed by atoms with Crippen molar-refractivity contribution in [3.8, 4) is 11.8 Å². The average Bonchev–Trinajstić information content (AvgIpc) is 3.18. The Morgan fingerprint density at radius 3 is 2.40 bits per heavy atom. The van der Waals surface area contributed by atoms with Crippen molar-refractivity contribution in [3.63, 3.8) is 0 Å². The maximum Gasteiger partial charge on any atom is 0.573 e. The topological polar surface area (TPSA) is 53.3 Å². The molecule has 1 fully saturated rings. The van der Waals surface area contributed by atoms with E-state index in [2.05, 4.69) is 4.74 Å². The maximum absolute atomic E-state index is 12.1. The Morgan fingerprint density at radius 2 is 1.95 bits per heavy atom. The zero-order valence-electron chi connectivity index (χ0n) is 10.4. The first-order valence-electron chi connectivity index (χ1n) is 5.94. The standard InChI is InChI=1S/C13H11F3N2O2/c14-13(15,16)20-11-5-1-9(2-6-11)12(19)18(8-7-17)10-3-4-10/h1-2,5-6,10H,3-4,8H2. The van der Waals surface area contributed by atoms with E-state index in [0.29, 0.717) is 0 Å². The minimum atomic E-state index is -4.76. The highest BCUT2D eigenvalue weighted by Gasteiger charge is 2.33. The molecule has 0 N–H and O–H groups in total. The Balaban J connectivity index is 2.09. The van der Waals surface area contributed by atoms with Gasteiger partial charge in [0.1, 0.15) is 12.3 Å². The van der Waals surface area contributed by atoms with Crippen molar-refractivity contribution in [1.29, 1.82) is 5.26 Å². The van der Waals surface area contributed by atoms with Gasteiger partial charge in [-0.1, -0.05) is 0 Å². The van der Waals surface area contributed by atoms with Gasteiger partial charge in [-0.3, -0.25) is 4.79 Å². The van der Waals surface area contributed by atoms with Gasteiger partial charge < -0.3 is 9.64 Å². The lowest BCUT2D eigenvalue weighted by molar-refractivity contribution is -0.274. The van der Waals surface area contributed by atoms with Crippen LogP contribution in [0.5, 0.6) is 5.75 Å². The van der Waals surface area contributed by atoms with E-state index < -0.39 is 6.36 Å². The second-order valence-corrected chi connectivity index (χ2v) is 4.39. The zero-order valence-corrected chi connectivity index (χ0v) is 10.4. The third-order valence-electron chi connectivity index (χ3n) is 2.82. The van der Waals surface area contributed by atoms with Crippen LogP contribution in [-0.4, -0.2) is 29.8 Å². The normalized spacial score (nSPS) is 14.5. The van der Waals surface area contributed by atoms with Gasteiger partial charge in [-0.2, -0.15) is 5.26 Å². The molecule has 1 aromatic carbocycles. The van der Waals surface area contributed by atoms with Gasteiger partial charge in [-0.05, 0) is 37.1 Å². The van der Waals surface area contributed by atoms with Crippen LogP contribution in [0.4, 0.5) is 13.2 Å². The predicted molar refractivity (Wildman–Crippen MR) is 62.8 cm³/mol. The van der Waals surface area contributed by atoms with E-state index in [1.165, 1.54) is 17.0 Å². The predicted octanol–water partition coefficient (Wildman–Crippen LogP) is 2.71. The van der Waals surface area contributed by atoms with Gasteiger partial charge in [0, 0.05) is 11.6 Å². The summed E-state index contributed by atoms with van der Waals surface area (Å²) >= 11 is 0. The molecule has 0 saturated heterocycles. The molecule has 106 valence electrons. The number of amides is 1. The molecule has 1 aromatic rings. The van der Waals surface area contributed by atoms with Crippen LogP contribution in [0.3, 0.4) is 0 Å². The highest BCUT2D eigenvalue weighted by atomic mass is 19.4. The molecule has 1 aliphatic carbocycles. The van der Waals surface area contributed by atoms with E-state index in [9.17, 15) is 18.0 Å². The van der Waals surface area contributed by atoms with Crippen molar-refractivity contribution < 1.29 is 22.7 Å². The summed E-state index contributed by atoms with van der Waals surface area (Å²) in [5.41, 5.74) is 0.238. The fourth-order valence-electron chi connectivity index (χ4n) is 1.79. The monoisotopic (exact) mass is 284 g/mol. The number of carbonyl (C=O) groups excluding carboxylic acids is 1. The largest absolute Gasteiger partial charge is 0.573 e. The fraction of sp³-hybridized carbons (Fsp3) is 0.385. The molecule has 0 aliphatic heterocycles. The van der Waals surface area contributed by atoms with Crippen molar-refractivity contribution in [2.24, 2.45) is 0 Å². The first-order valence-corrected chi connectivity index (χ1v) is 5.94. The summed E-state index contributed by atoms with van der Waals surface area (Å²) in [6.07, 6.45) is -3.06. The molecule has 0 aromatic heterocycles. The summed E-state index contributed by atoms with van der Waals surface area (Å²) in [6, 6.07) is 6.66. The van der Waals surface area contributed by atoms with E-state index in [1.807, 2.05) is 6.07 Å². The molecule has 0 atom stereocenters. The molecule has 0 bridgehead atoms. The number of hydrogen-bond acceptors (Lipinski definition) is 3. The third kappa shape index (κ3) is 3.63. The van der Waals surface area contributed by atoms with Gasteiger partial charge >= 0.3 is 6.36 Å². The lowest BCUT2D eigenvalue weighted by atomic mass is 10.2. The molecule has 0 heterocycles. The number of rotatable bonds is 4. The van der Waals surface area contributed by atoms with Crippen LogP contribution in [0.15, 0.2) is 24.3 Å². The van der Waals surface area contributed by atoms with Crippen LogP contribution in [0.2, 0.25) is 0 Å². The highest BCUT2D eigenvalue weighted by Crippen LogP contribution is 2.28. The van der Waals surface area contributed by atoms with Crippen LogP contribution in [0.1, 0.15) is 23.2 Å². The molecule has 2 rings (SSSR count). The number of nitrogens with zero attached hydrogens (tertiary/aromatic N) is 2. The molecule has 0 spiro atoms. The van der Waals surface area contributed by atoms with Crippen LogP contribution in [0, 0.1) is 11.3 Å². The lowest BCUT2D eigenvalue weighted by Gasteiger charge is -2.19. The number of carbonyl (C=O) groups is 1. The SMILES string of the molecule is N#CCN(C(=O)c1ccc(OC(F)(F)F)cc1)C1CC1. The lowest BCUT2D eigenvalue weighted by Crippen LogP contribution is -2.33. The van der Waals surface area contributed by atoms with Crippen molar-refractivity contribution in [3.05, 3.63) is 29.8 Å². The van der Waals surface area contributed by atoms with Crippen LogP contribution in [0.25, 0.3) is 0 Å². The minimum Gasteiger partial charge on any atom is -0.406 e. The van der Waals surface area contributed by atoms with Gasteiger partial charge in [0.15, 0.2) is 0 Å². The zero-order chi connectivity index (χ0) is 14.8. The van der Waals surface area contributed by atoms with Crippen molar-refractivity contribution >= 4 is 5.91 Å². The van der Waals surface area contributed by atoms with Crippen molar-refractivity contribution in [2.45, 2.75) is 25.2 Å². The quantitative estimate of drug-likeness (QED) is 0.799. The van der Waals surface area contributed by atoms with E-state index in [-0.39, 0.29) is 29.8 Å². The summed E-state index contributed by atoms with van der Waals surface area (Å²) in [5.74, 6) is -0.736. The molecule has 4 nitrogen and oxygen atoms in total. The highest BCUT2D eigenvalue weighted by molar-refractivity contribution is 5.94. The average molecular weight is 284 g/mol. The second-order valence-electron chi connectivity index (χ2n) is 4.39. The van der Waals surface area contributed by atoms with Gasteiger partial charge in [-0.25, -0.2) is 0 Å². The van der Waals surface area contributed by atoms with Gasteiger partial charge in [-0.15, -0.1) is 13.2 Å². The third-order valence-corrected chi connectivity index (χ3v) is 2.82. The van der Waals surface area contributed by atoms with E-state index in [1.54, 1.807) is 0 Å². The Labute approximate surface area is 113 Å². The molecule has 1 aliphatic rings. The maximum atomic E-state index is 12.1. The van der Waals surface area contributed by atoms with Crippen molar-refractivity contribution in [1.82, 2.24) is 4.90 Å². The molecule has 0 unspecified atom stereocenters. The Kier molecular flexibility index (Phi) is 3.84. The summed E-state index contributed by atoms with van der Waals surface area (Å²) in [6.45, 7) is -0.0235. The summed E-state index contributed by atoms with van der Waals surface area (Å²) in [4.78, 5) is 13.6. The van der Waals surface area contributed by atoms with Gasteiger partial charge in [0.25, 0.3) is 5.91 Å². The number of hydrogen-bond donors (Lipinski definition) is 0. The smallest absolute Gasteiger partial charge is 0.406 e.